The molecule has 0 aliphatic carbocycles. The molecular weight excluding hydrogens is 360 g/mol. The van der Waals surface area contributed by atoms with Crippen molar-refractivity contribution in [1.29, 1.82) is 0 Å². The molecule has 26 heavy (non-hydrogen) atoms. The van der Waals surface area contributed by atoms with E-state index in [1.165, 1.54) is 34.4 Å². The Morgan fingerprint density at radius 2 is 2.12 bits per heavy atom. The number of halogens is 1. The SMILES string of the molecule is CC(C)C(N)CCN(C)C(=O)c1ccc(-n2cncn2)c([N+](=O)[O-])c1.Cl. The average Bonchev–Trinajstić information content (AvgIpc) is 3.12. The summed E-state index contributed by atoms with van der Waals surface area (Å²) < 4.78 is 1.29. The number of benzene rings is 1. The molecule has 0 bridgehead atoms. The topological polar surface area (TPSA) is 120 Å². The van der Waals surface area contributed by atoms with Gasteiger partial charge >= 0.3 is 0 Å². The maximum atomic E-state index is 12.5. The van der Waals surface area contributed by atoms with Crippen LogP contribution in [0.4, 0.5) is 5.69 Å². The number of amides is 1. The lowest BCUT2D eigenvalue weighted by atomic mass is 10.0. The normalized spacial score (nSPS) is 11.7. The van der Waals surface area contributed by atoms with E-state index in [2.05, 4.69) is 10.1 Å². The number of aromatic nitrogens is 3. The van der Waals surface area contributed by atoms with Gasteiger partial charge in [0, 0.05) is 31.3 Å². The second-order valence-electron chi connectivity index (χ2n) is 6.22. The molecule has 1 amide bonds. The van der Waals surface area contributed by atoms with E-state index >= 15 is 0 Å². The van der Waals surface area contributed by atoms with Gasteiger partial charge in [0.15, 0.2) is 0 Å². The van der Waals surface area contributed by atoms with Gasteiger partial charge in [-0.2, -0.15) is 5.10 Å². The maximum Gasteiger partial charge on any atom is 0.295 e. The smallest absolute Gasteiger partial charge is 0.295 e. The fraction of sp³-hybridized carbons (Fsp3) is 0.438. The summed E-state index contributed by atoms with van der Waals surface area (Å²) in [5, 5.41) is 15.3. The van der Waals surface area contributed by atoms with Gasteiger partial charge in [0.05, 0.1) is 4.92 Å². The monoisotopic (exact) mass is 382 g/mol. The van der Waals surface area contributed by atoms with Crippen LogP contribution in [0.5, 0.6) is 0 Å². The van der Waals surface area contributed by atoms with Gasteiger partial charge in [-0.05, 0) is 24.5 Å². The van der Waals surface area contributed by atoms with Crippen LogP contribution >= 0.6 is 12.4 Å². The molecule has 0 saturated carbocycles. The van der Waals surface area contributed by atoms with Crippen molar-refractivity contribution >= 4 is 24.0 Å². The van der Waals surface area contributed by atoms with E-state index in [0.717, 1.165) is 0 Å². The number of hydrogen-bond acceptors (Lipinski definition) is 6. The Morgan fingerprint density at radius 3 is 2.65 bits per heavy atom. The lowest BCUT2D eigenvalue weighted by molar-refractivity contribution is -0.384. The molecule has 1 atom stereocenters. The van der Waals surface area contributed by atoms with E-state index < -0.39 is 4.92 Å². The molecule has 1 heterocycles. The first-order chi connectivity index (χ1) is 11.8. The zero-order valence-corrected chi connectivity index (χ0v) is 15.7. The fourth-order valence-electron chi connectivity index (χ4n) is 2.33. The summed E-state index contributed by atoms with van der Waals surface area (Å²) in [4.78, 5) is 28.6. The van der Waals surface area contributed by atoms with E-state index in [-0.39, 0.29) is 41.3 Å². The third-order valence-corrected chi connectivity index (χ3v) is 4.09. The van der Waals surface area contributed by atoms with Gasteiger partial charge in [0.2, 0.25) is 0 Å². The van der Waals surface area contributed by atoms with Crippen LogP contribution in [0, 0.1) is 16.0 Å². The van der Waals surface area contributed by atoms with Crippen LogP contribution in [0.2, 0.25) is 0 Å². The minimum atomic E-state index is -0.539. The summed E-state index contributed by atoms with van der Waals surface area (Å²) >= 11 is 0. The lowest BCUT2D eigenvalue weighted by Crippen LogP contribution is -2.34. The van der Waals surface area contributed by atoms with Crippen LogP contribution in [0.15, 0.2) is 30.9 Å². The second kappa shape index (κ2) is 9.25. The van der Waals surface area contributed by atoms with Gasteiger partial charge < -0.3 is 10.6 Å². The standard InChI is InChI=1S/C16H22N6O3.ClH/c1-11(2)13(17)6-7-20(3)16(23)12-4-5-14(15(8-12)22(24)25)21-10-18-9-19-21;/h4-5,8-11,13H,6-7,17H2,1-3H3;1H. The van der Waals surface area contributed by atoms with Crippen LogP contribution in [0.1, 0.15) is 30.6 Å². The van der Waals surface area contributed by atoms with E-state index in [0.29, 0.717) is 18.9 Å². The minimum Gasteiger partial charge on any atom is -0.342 e. The Bertz CT molecular complexity index is 750. The Morgan fingerprint density at radius 1 is 1.42 bits per heavy atom. The van der Waals surface area contributed by atoms with Crippen molar-refractivity contribution in [3.05, 3.63) is 46.5 Å². The number of carbonyl (C=O) groups is 1. The maximum absolute atomic E-state index is 12.5. The Hall–Kier alpha value is -2.52. The Balaban J connectivity index is 0.00000338. The van der Waals surface area contributed by atoms with Crippen molar-refractivity contribution in [2.24, 2.45) is 11.7 Å². The molecule has 9 nitrogen and oxygen atoms in total. The summed E-state index contributed by atoms with van der Waals surface area (Å²) in [5.41, 5.74) is 6.29. The van der Waals surface area contributed by atoms with Gasteiger partial charge in [0.25, 0.3) is 11.6 Å². The molecule has 0 aliphatic heterocycles. The first-order valence-electron chi connectivity index (χ1n) is 7.95. The first-order valence-corrected chi connectivity index (χ1v) is 7.95. The van der Waals surface area contributed by atoms with Gasteiger partial charge in [0.1, 0.15) is 18.3 Å². The van der Waals surface area contributed by atoms with Crippen molar-refractivity contribution in [3.63, 3.8) is 0 Å². The highest BCUT2D eigenvalue weighted by molar-refractivity contribution is 5.95. The summed E-state index contributed by atoms with van der Waals surface area (Å²) in [6, 6.07) is 4.30. The molecule has 1 unspecified atom stereocenters. The van der Waals surface area contributed by atoms with Crippen LogP contribution in [0.3, 0.4) is 0 Å². The number of nitro groups is 1. The van der Waals surface area contributed by atoms with Gasteiger partial charge in [-0.3, -0.25) is 14.9 Å². The molecular formula is C16H23ClN6O3. The van der Waals surface area contributed by atoms with Crippen LogP contribution in [0.25, 0.3) is 5.69 Å². The number of hydrogen-bond donors (Lipinski definition) is 1. The zero-order valence-electron chi connectivity index (χ0n) is 14.9. The fourth-order valence-corrected chi connectivity index (χ4v) is 2.33. The molecule has 2 aromatic rings. The highest BCUT2D eigenvalue weighted by Gasteiger charge is 2.21. The number of nitro benzene ring substituents is 1. The minimum absolute atomic E-state index is 0. The molecule has 0 radical (unpaired) electrons. The van der Waals surface area contributed by atoms with E-state index in [9.17, 15) is 14.9 Å². The van der Waals surface area contributed by atoms with Crippen molar-refractivity contribution in [2.75, 3.05) is 13.6 Å². The number of carbonyl (C=O) groups excluding carboxylic acids is 1. The summed E-state index contributed by atoms with van der Waals surface area (Å²) in [6.45, 7) is 4.54. The van der Waals surface area contributed by atoms with Gasteiger partial charge in [-0.1, -0.05) is 13.8 Å². The largest absolute Gasteiger partial charge is 0.342 e. The lowest BCUT2D eigenvalue weighted by Gasteiger charge is -2.21. The zero-order chi connectivity index (χ0) is 18.6. The van der Waals surface area contributed by atoms with E-state index in [4.69, 9.17) is 5.73 Å². The predicted octanol–water partition coefficient (Wildman–Crippen LogP) is 2.04. The molecule has 2 rings (SSSR count). The van der Waals surface area contributed by atoms with Crippen molar-refractivity contribution in [3.8, 4) is 5.69 Å². The highest BCUT2D eigenvalue weighted by atomic mass is 35.5. The number of rotatable bonds is 7. The van der Waals surface area contributed by atoms with Gasteiger partial charge in [-0.25, -0.2) is 9.67 Å². The van der Waals surface area contributed by atoms with Crippen LogP contribution < -0.4 is 5.73 Å². The molecule has 1 aromatic heterocycles. The van der Waals surface area contributed by atoms with Crippen molar-refractivity contribution in [1.82, 2.24) is 19.7 Å². The third kappa shape index (κ3) is 4.99. The van der Waals surface area contributed by atoms with Crippen LogP contribution in [-0.4, -0.2) is 50.1 Å². The van der Waals surface area contributed by atoms with E-state index in [1.54, 1.807) is 13.1 Å². The Kier molecular flexibility index (Phi) is 7.66. The first kappa shape index (κ1) is 21.5. The van der Waals surface area contributed by atoms with E-state index in [1.807, 2.05) is 13.8 Å². The van der Waals surface area contributed by atoms with Gasteiger partial charge in [-0.15, -0.1) is 12.4 Å². The number of nitrogens with zero attached hydrogens (tertiary/aromatic N) is 5. The molecule has 0 aliphatic rings. The summed E-state index contributed by atoms with van der Waals surface area (Å²) in [6.07, 6.45) is 3.32. The molecule has 0 fully saturated rings. The van der Waals surface area contributed by atoms with Crippen LogP contribution in [-0.2, 0) is 0 Å². The van der Waals surface area contributed by atoms with Crippen molar-refractivity contribution < 1.29 is 9.72 Å². The predicted molar refractivity (Wildman–Crippen MR) is 99.7 cm³/mol. The summed E-state index contributed by atoms with van der Waals surface area (Å²) in [7, 11) is 1.66. The highest BCUT2D eigenvalue weighted by Crippen LogP contribution is 2.24. The molecule has 0 saturated heterocycles. The molecule has 1 aromatic carbocycles. The molecule has 2 N–H and O–H groups in total. The number of nitrogens with two attached hydrogens (primary N) is 1. The summed E-state index contributed by atoms with van der Waals surface area (Å²) in [5.74, 6) is 0.0377. The second-order valence-corrected chi connectivity index (χ2v) is 6.22. The average molecular weight is 383 g/mol. The molecule has 10 heteroatoms. The molecule has 0 spiro atoms. The Labute approximate surface area is 157 Å². The third-order valence-electron chi connectivity index (χ3n) is 4.09. The quantitative estimate of drug-likeness (QED) is 0.577. The van der Waals surface area contributed by atoms with Crippen molar-refractivity contribution in [2.45, 2.75) is 26.3 Å². The molecule has 142 valence electrons.